The molecule has 30 valence electrons. The van der Waals surface area contributed by atoms with Crippen molar-refractivity contribution in [1.29, 1.82) is 0 Å². The first kappa shape index (κ1) is 9.55. The van der Waals surface area contributed by atoms with Crippen molar-refractivity contribution in [3.63, 3.8) is 0 Å². The van der Waals surface area contributed by atoms with Crippen LogP contribution >= 0.6 is 0 Å². The summed E-state index contributed by atoms with van der Waals surface area (Å²) in [5.74, 6) is 0. The molecule has 0 aromatic heterocycles. The van der Waals surface area contributed by atoms with E-state index in [9.17, 15) is 0 Å². The third kappa shape index (κ3) is 8.86. The molecule has 0 fully saturated rings. The molecule has 0 aromatic rings. The second kappa shape index (κ2) is 5.26. The van der Waals surface area contributed by atoms with Gasteiger partial charge in [0.1, 0.15) is 0 Å². The monoisotopic (exact) mass is 168 g/mol. The predicted molar refractivity (Wildman–Crippen MR) is 10.7 cm³/mol. The van der Waals surface area contributed by atoms with Crippen molar-refractivity contribution in [2.75, 3.05) is 0 Å². The van der Waals surface area contributed by atoms with Crippen LogP contribution in [0.2, 0.25) is 0 Å². The van der Waals surface area contributed by atoms with E-state index in [1.807, 2.05) is 0 Å². The standard InChI is InChI=1S/HNO4.Y/c2-1(3)5-4;/h4H;/q;+3. The molecule has 0 saturated carbocycles. The first-order valence-corrected chi connectivity index (χ1v) is 0.730. The third-order valence-corrected chi connectivity index (χ3v) is 0.0667. The summed E-state index contributed by atoms with van der Waals surface area (Å²) < 4.78 is 0. The smallest absolute Gasteiger partial charge is 0.214 e. The molecule has 0 heterocycles. The summed E-state index contributed by atoms with van der Waals surface area (Å²) in [4.78, 5) is 11.2. The van der Waals surface area contributed by atoms with Gasteiger partial charge in [-0.05, 0) is 0 Å². The van der Waals surface area contributed by atoms with Crippen LogP contribution in [0.1, 0.15) is 0 Å². The molecule has 0 radical (unpaired) electrons. The minimum absolute atomic E-state index is 0. The molecule has 0 aliphatic carbocycles. The van der Waals surface area contributed by atoms with Crippen LogP contribution < -0.4 is 0 Å². The molecule has 0 unspecified atom stereocenters. The Balaban J connectivity index is 0. The van der Waals surface area contributed by atoms with Crippen LogP contribution in [0.25, 0.3) is 0 Å². The minimum atomic E-state index is -1.32. The van der Waals surface area contributed by atoms with E-state index in [1.54, 1.807) is 0 Å². The Morgan fingerprint density at radius 2 is 2.00 bits per heavy atom. The zero-order valence-corrected chi connectivity index (χ0v) is 5.53. The fourth-order valence-corrected chi connectivity index (χ4v) is 0. The van der Waals surface area contributed by atoms with Crippen molar-refractivity contribution >= 4 is 0 Å². The zero-order chi connectivity index (χ0) is 4.28. The third-order valence-electron chi connectivity index (χ3n) is 0.0667. The van der Waals surface area contributed by atoms with E-state index < -0.39 is 5.09 Å². The van der Waals surface area contributed by atoms with Crippen molar-refractivity contribution in [1.82, 2.24) is 0 Å². The van der Waals surface area contributed by atoms with Gasteiger partial charge >= 0.3 is 37.8 Å². The molecule has 0 aliphatic rings. The average Bonchev–Trinajstić information content (AvgIpc) is 1.38. The van der Waals surface area contributed by atoms with Gasteiger partial charge < -0.3 is 0 Å². The van der Waals surface area contributed by atoms with Gasteiger partial charge in [-0.3, -0.25) is 0 Å². The Hall–Kier alpha value is 0.264. The van der Waals surface area contributed by atoms with Crippen molar-refractivity contribution in [3.8, 4) is 0 Å². The second-order valence-electron chi connectivity index (χ2n) is 0.305. The molecule has 5 nitrogen and oxygen atoms in total. The Labute approximate surface area is 58.2 Å². The normalized spacial score (nSPS) is 5.50. The molecule has 1 N–H and O–H groups in total. The summed E-state index contributed by atoms with van der Waals surface area (Å²) in [5.41, 5.74) is 0. The summed E-state index contributed by atoms with van der Waals surface area (Å²) in [6, 6.07) is 0. The first-order valence-electron chi connectivity index (χ1n) is 0.730. The van der Waals surface area contributed by atoms with Crippen molar-refractivity contribution in [3.05, 3.63) is 10.1 Å². The van der Waals surface area contributed by atoms with Gasteiger partial charge in [-0.1, -0.05) is 0 Å². The summed E-state index contributed by atoms with van der Waals surface area (Å²) in [6.07, 6.45) is 0. The molecule has 0 aromatic carbocycles. The van der Waals surface area contributed by atoms with Crippen LogP contribution in [0.5, 0.6) is 0 Å². The van der Waals surface area contributed by atoms with E-state index in [1.165, 1.54) is 0 Å². The van der Waals surface area contributed by atoms with E-state index in [0.29, 0.717) is 0 Å². The molecular formula is HNO4Y+3. The van der Waals surface area contributed by atoms with Crippen LogP contribution in [-0.2, 0) is 37.7 Å². The summed E-state index contributed by atoms with van der Waals surface area (Å²) in [5, 5.41) is 14.3. The number of hydrogen-bond acceptors (Lipinski definition) is 4. The van der Waals surface area contributed by atoms with Crippen molar-refractivity contribution in [2.24, 2.45) is 0 Å². The Morgan fingerprint density at radius 3 is 2.00 bits per heavy atom. The molecule has 6 heteroatoms. The van der Waals surface area contributed by atoms with Gasteiger partial charge in [0.15, 0.2) is 0 Å². The maximum atomic E-state index is 8.70. The number of nitrogens with zero attached hydrogens (tertiary/aromatic N) is 1. The van der Waals surface area contributed by atoms with Crippen molar-refractivity contribution < 1.29 is 48.0 Å². The van der Waals surface area contributed by atoms with Crippen LogP contribution in [0.3, 0.4) is 0 Å². The van der Waals surface area contributed by atoms with Gasteiger partial charge in [0.2, 0.25) is 0 Å². The van der Waals surface area contributed by atoms with Crippen molar-refractivity contribution in [2.45, 2.75) is 0 Å². The molecular weight excluding hydrogens is 167 g/mol. The van der Waals surface area contributed by atoms with Gasteiger partial charge in [-0.15, -0.1) is 15.1 Å². The predicted octanol–water partition coefficient (Wildman–Crippen LogP) is -0.335. The van der Waals surface area contributed by atoms with Gasteiger partial charge in [-0.25, -0.2) is 5.26 Å². The van der Waals surface area contributed by atoms with E-state index in [4.69, 9.17) is 15.4 Å². The number of rotatable bonds is 1. The summed E-state index contributed by atoms with van der Waals surface area (Å²) >= 11 is 0. The first-order chi connectivity index (χ1) is 2.27. The second-order valence-corrected chi connectivity index (χ2v) is 0.305. The zero-order valence-electron chi connectivity index (χ0n) is 2.70. The quantitative estimate of drug-likeness (QED) is 0.330. The van der Waals surface area contributed by atoms with Gasteiger partial charge in [0, 0.05) is 0 Å². The Morgan fingerprint density at radius 1 is 1.83 bits per heavy atom. The summed E-state index contributed by atoms with van der Waals surface area (Å²) in [6.45, 7) is 0. The van der Waals surface area contributed by atoms with E-state index >= 15 is 0 Å². The van der Waals surface area contributed by atoms with Crippen LogP contribution in [0, 0.1) is 10.1 Å². The van der Waals surface area contributed by atoms with Crippen LogP contribution in [-0.4, -0.2) is 10.3 Å². The minimum Gasteiger partial charge on any atom is -0.214 e. The molecule has 0 aliphatic heterocycles. The molecule has 0 amide bonds. The topological polar surface area (TPSA) is 72.6 Å². The maximum absolute atomic E-state index is 8.70. The SMILES string of the molecule is O=[N+]([O-])OO.[Y+3]. The van der Waals surface area contributed by atoms with E-state index in [-0.39, 0.29) is 32.7 Å². The van der Waals surface area contributed by atoms with Gasteiger partial charge in [-0.2, -0.15) is 0 Å². The van der Waals surface area contributed by atoms with E-state index in [0.717, 1.165) is 0 Å². The molecule has 0 saturated heterocycles. The van der Waals surface area contributed by atoms with Gasteiger partial charge in [0.25, 0.3) is 0 Å². The fraction of sp³-hybridized carbons (Fsp3) is 0. The van der Waals surface area contributed by atoms with Gasteiger partial charge in [0.05, 0.1) is 0 Å². The Bertz CT molecular complexity index is 42.8. The van der Waals surface area contributed by atoms with Crippen LogP contribution in [0.15, 0.2) is 0 Å². The maximum Gasteiger partial charge on any atom is 3.00 e. The molecule has 6 heavy (non-hydrogen) atoms. The molecule has 0 spiro atoms. The molecule has 0 bridgehead atoms. The Kier molecular flexibility index (Phi) is 8.38. The molecule has 0 rings (SSSR count). The van der Waals surface area contributed by atoms with E-state index in [2.05, 4.69) is 4.99 Å². The number of hydrogen-bond donors (Lipinski definition) is 1. The van der Waals surface area contributed by atoms with Crippen LogP contribution in [0.4, 0.5) is 0 Å². The average molecular weight is 168 g/mol. The fourth-order valence-electron chi connectivity index (χ4n) is 0. The summed E-state index contributed by atoms with van der Waals surface area (Å²) in [7, 11) is 0. The largest absolute Gasteiger partial charge is 3.00 e. The molecule has 0 atom stereocenters.